The maximum Gasteiger partial charge on any atom is 0.271 e. The van der Waals surface area contributed by atoms with Gasteiger partial charge in [0.05, 0.1) is 10.6 Å². The number of anilines is 2. The first kappa shape index (κ1) is 19.9. The smallest absolute Gasteiger partial charge is 0.271 e. The average molecular weight is 449 g/mol. The minimum absolute atomic E-state index is 0.241. The van der Waals surface area contributed by atoms with E-state index in [-0.39, 0.29) is 9.10 Å². The normalized spacial score (nSPS) is 14.4. The Balaban J connectivity index is 1.66. The highest BCUT2D eigenvalue weighted by Gasteiger charge is 2.29. The van der Waals surface area contributed by atoms with Crippen molar-refractivity contribution in [2.75, 3.05) is 15.6 Å². The van der Waals surface area contributed by atoms with Crippen molar-refractivity contribution in [3.8, 4) is 0 Å². The summed E-state index contributed by atoms with van der Waals surface area (Å²) in [5, 5.41) is 0. The molecule has 3 aromatic rings. The number of hydrogen-bond acceptors (Lipinski definition) is 5. The number of rotatable bonds is 5. The Hall–Kier alpha value is -2.36. The standard InChI is InChI=1S/C20H20N2O4S3/c1-15-9-12-20(27-15)28(23,24)21-17-10-11-19-16(14-17)6-5-13-22(19)29(25,26)18-7-3-2-4-8-18/h2-4,7-12,14,21H,5-6,13H2,1H3. The van der Waals surface area contributed by atoms with Gasteiger partial charge in [0, 0.05) is 17.1 Å². The largest absolute Gasteiger partial charge is 0.279 e. The summed E-state index contributed by atoms with van der Waals surface area (Å²) in [5.41, 5.74) is 1.82. The van der Waals surface area contributed by atoms with E-state index in [1.807, 2.05) is 6.92 Å². The highest BCUT2D eigenvalue weighted by Crippen LogP contribution is 2.34. The third-order valence-electron chi connectivity index (χ3n) is 4.72. The predicted octanol–water partition coefficient (Wildman–Crippen LogP) is 4.00. The zero-order chi connectivity index (χ0) is 20.6. The lowest BCUT2D eigenvalue weighted by molar-refractivity contribution is 0.586. The summed E-state index contributed by atoms with van der Waals surface area (Å²) in [7, 11) is -7.33. The van der Waals surface area contributed by atoms with Crippen molar-refractivity contribution in [3.05, 3.63) is 71.1 Å². The Morgan fingerprint density at radius 2 is 1.72 bits per heavy atom. The van der Waals surface area contributed by atoms with E-state index in [4.69, 9.17) is 0 Å². The van der Waals surface area contributed by atoms with Crippen molar-refractivity contribution in [2.24, 2.45) is 0 Å². The predicted molar refractivity (Wildman–Crippen MR) is 116 cm³/mol. The molecule has 0 amide bonds. The molecule has 0 atom stereocenters. The van der Waals surface area contributed by atoms with Crippen LogP contribution in [0.5, 0.6) is 0 Å². The lowest BCUT2D eigenvalue weighted by atomic mass is 10.0. The fraction of sp³-hybridized carbons (Fsp3) is 0.200. The molecular weight excluding hydrogens is 428 g/mol. The summed E-state index contributed by atoms with van der Waals surface area (Å²) in [6, 6.07) is 16.7. The number of sulfonamides is 2. The van der Waals surface area contributed by atoms with Gasteiger partial charge in [-0.2, -0.15) is 0 Å². The molecule has 1 aliphatic heterocycles. The first-order valence-electron chi connectivity index (χ1n) is 9.07. The van der Waals surface area contributed by atoms with Crippen LogP contribution in [-0.4, -0.2) is 23.4 Å². The molecule has 0 unspecified atom stereocenters. The van der Waals surface area contributed by atoms with Crippen LogP contribution in [-0.2, 0) is 26.5 Å². The van der Waals surface area contributed by atoms with Crippen LogP contribution in [0, 0.1) is 6.92 Å². The average Bonchev–Trinajstić information content (AvgIpc) is 3.15. The van der Waals surface area contributed by atoms with Gasteiger partial charge in [0.2, 0.25) is 0 Å². The van der Waals surface area contributed by atoms with Crippen molar-refractivity contribution in [1.29, 1.82) is 0 Å². The molecule has 0 spiro atoms. The molecule has 29 heavy (non-hydrogen) atoms. The summed E-state index contributed by atoms with van der Waals surface area (Å²) in [4.78, 5) is 1.16. The second-order valence-electron chi connectivity index (χ2n) is 6.81. The van der Waals surface area contributed by atoms with Crippen molar-refractivity contribution in [1.82, 2.24) is 0 Å². The molecule has 152 valence electrons. The SMILES string of the molecule is Cc1ccc(S(=O)(=O)Nc2ccc3c(c2)CCCN3S(=O)(=O)c2ccccc2)s1. The van der Waals surface area contributed by atoms with Gasteiger partial charge in [0.15, 0.2) is 0 Å². The second kappa shape index (κ2) is 7.47. The molecular formula is C20H20N2O4S3. The summed E-state index contributed by atoms with van der Waals surface area (Å²) < 4.78 is 55.6. The fourth-order valence-electron chi connectivity index (χ4n) is 3.36. The van der Waals surface area contributed by atoms with Crippen molar-refractivity contribution >= 4 is 42.8 Å². The van der Waals surface area contributed by atoms with Gasteiger partial charge < -0.3 is 0 Å². The molecule has 0 aliphatic carbocycles. The molecule has 4 rings (SSSR count). The van der Waals surface area contributed by atoms with Crippen molar-refractivity contribution in [2.45, 2.75) is 28.9 Å². The van der Waals surface area contributed by atoms with E-state index in [2.05, 4.69) is 4.72 Å². The summed E-state index contributed by atoms with van der Waals surface area (Å²) >= 11 is 1.21. The van der Waals surface area contributed by atoms with E-state index < -0.39 is 20.0 Å². The first-order chi connectivity index (χ1) is 13.8. The molecule has 0 fully saturated rings. The maximum atomic E-state index is 13.1. The molecule has 1 aromatic heterocycles. The maximum absolute atomic E-state index is 13.1. The highest BCUT2D eigenvalue weighted by atomic mass is 32.2. The summed E-state index contributed by atoms with van der Waals surface area (Å²) in [6.45, 7) is 2.24. The van der Waals surface area contributed by atoms with Gasteiger partial charge in [0.1, 0.15) is 4.21 Å². The molecule has 0 bridgehead atoms. The van der Waals surface area contributed by atoms with Gasteiger partial charge in [0.25, 0.3) is 20.0 Å². The van der Waals surface area contributed by atoms with Gasteiger partial charge in [-0.05, 0) is 67.8 Å². The van der Waals surface area contributed by atoms with E-state index in [1.165, 1.54) is 15.6 Å². The minimum Gasteiger partial charge on any atom is -0.279 e. The molecule has 1 aliphatic rings. The van der Waals surface area contributed by atoms with Gasteiger partial charge in [-0.1, -0.05) is 18.2 Å². The lowest BCUT2D eigenvalue weighted by Crippen LogP contribution is -2.35. The van der Waals surface area contributed by atoms with E-state index >= 15 is 0 Å². The lowest BCUT2D eigenvalue weighted by Gasteiger charge is -2.30. The Morgan fingerprint density at radius 1 is 0.966 bits per heavy atom. The van der Waals surface area contributed by atoms with E-state index in [9.17, 15) is 16.8 Å². The van der Waals surface area contributed by atoms with Crippen LogP contribution < -0.4 is 9.03 Å². The van der Waals surface area contributed by atoms with Gasteiger partial charge in [-0.25, -0.2) is 16.8 Å². The topological polar surface area (TPSA) is 83.6 Å². The van der Waals surface area contributed by atoms with Crippen LogP contribution in [0.1, 0.15) is 16.9 Å². The van der Waals surface area contributed by atoms with Crippen LogP contribution in [0.3, 0.4) is 0 Å². The number of benzene rings is 2. The van der Waals surface area contributed by atoms with E-state index in [1.54, 1.807) is 60.7 Å². The number of nitrogens with one attached hydrogen (secondary N) is 1. The number of fused-ring (bicyclic) bond motifs is 1. The van der Waals surface area contributed by atoms with Gasteiger partial charge in [-0.15, -0.1) is 11.3 Å². The zero-order valence-electron chi connectivity index (χ0n) is 15.7. The third kappa shape index (κ3) is 3.90. The molecule has 2 aromatic carbocycles. The van der Waals surface area contributed by atoms with Crippen molar-refractivity contribution in [3.63, 3.8) is 0 Å². The third-order valence-corrected chi connectivity index (χ3v) is 9.42. The Bertz CT molecular complexity index is 1250. The molecule has 0 saturated carbocycles. The number of hydrogen-bond donors (Lipinski definition) is 1. The Labute approximate surface area is 174 Å². The van der Waals surface area contributed by atoms with Crippen LogP contribution in [0.4, 0.5) is 11.4 Å². The van der Waals surface area contributed by atoms with Crippen LogP contribution >= 0.6 is 11.3 Å². The molecule has 2 heterocycles. The quantitative estimate of drug-likeness (QED) is 0.639. The minimum atomic E-state index is -3.67. The number of thiophene rings is 1. The number of aryl methyl sites for hydroxylation is 2. The van der Waals surface area contributed by atoms with Crippen LogP contribution in [0.15, 0.2) is 69.8 Å². The monoisotopic (exact) mass is 448 g/mol. The second-order valence-corrected chi connectivity index (χ2v) is 11.9. The van der Waals surface area contributed by atoms with Crippen LogP contribution in [0.2, 0.25) is 0 Å². The first-order valence-corrected chi connectivity index (χ1v) is 12.8. The van der Waals surface area contributed by atoms with E-state index in [0.717, 1.165) is 10.4 Å². The van der Waals surface area contributed by atoms with Gasteiger partial charge >= 0.3 is 0 Å². The fourth-order valence-corrected chi connectivity index (χ4v) is 7.25. The number of nitrogens with zero attached hydrogens (tertiary/aromatic N) is 1. The molecule has 9 heteroatoms. The summed E-state index contributed by atoms with van der Waals surface area (Å²) in [5.74, 6) is 0. The molecule has 6 nitrogen and oxygen atoms in total. The Kier molecular flexibility index (Phi) is 5.14. The Morgan fingerprint density at radius 3 is 2.41 bits per heavy atom. The highest BCUT2D eigenvalue weighted by molar-refractivity contribution is 7.94. The van der Waals surface area contributed by atoms with E-state index in [0.29, 0.717) is 30.8 Å². The van der Waals surface area contributed by atoms with Gasteiger partial charge in [-0.3, -0.25) is 9.03 Å². The molecule has 0 saturated heterocycles. The van der Waals surface area contributed by atoms with Crippen molar-refractivity contribution < 1.29 is 16.8 Å². The molecule has 1 N–H and O–H groups in total. The summed E-state index contributed by atoms with van der Waals surface area (Å²) in [6.07, 6.45) is 1.35. The molecule has 0 radical (unpaired) electrons. The zero-order valence-corrected chi connectivity index (χ0v) is 18.1. The van der Waals surface area contributed by atoms with Crippen LogP contribution in [0.25, 0.3) is 0 Å².